The molecule has 1 heterocycles. The second-order valence-corrected chi connectivity index (χ2v) is 6.85. The molecule has 0 aliphatic heterocycles. The van der Waals surface area contributed by atoms with Gasteiger partial charge in [-0.2, -0.15) is 13.2 Å². The fourth-order valence-corrected chi connectivity index (χ4v) is 2.86. The van der Waals surface area contributed by atoms with Gasteiger partial charge in [0.25, 0.3) is 9.05 Å². The van der Waals surface area contributed by atoms with Gasteiger partial charge in [-0.15, -0.1) is 0 Å². The Balaban J connectivity index is 2.39. The number of nitrogens with zero attached hydrogens (tertiary/aromatic N) is 1. The SMILES string of the molecule is O=C(Nc1ccc(S(=O)(=O)Cl)c(Cc2ncco2)c1)C(F)(F)F. The van der Waals surface area contributed by atoms with Gasteiger partial charge in [-0.05, 0) is 23.8 Å². The zero-order valence-corrected chi connectivity index (χ0v) is 12.7. The van der Waals surface area contributed by atoms with E-state index in [1.54, 1.807) is 5.32 Å². The van der Waals surface area contributed by atoms with Gasteiger partial charge in [-0.25, -0.2) is 13.4 Å². The molecule has 0 spiro atoms. The zero-order chi connectivity index (χ0) is 17.3. The van der Waals surface area contributed by atoms with Crippen molar-refractivity contribution in [3.8, 4) is 0 Å². The molecule has 11 heteroatoms. The smallest absolute Gasteiger partial charge is 0.449 e. The van der Waals surface area contributed by atoms with Crippen LogP contribution in [0.5, 0.6) is 0 Å². The van der Waals surface area contributed by atoms with Crippen LogP contribution in [0.3, 0.4) is 0 Å². The van der Waals surface area contributed by atoms with Gasteiger partial charge in [-0.1, -0.05) is 0 Å². The monoisotopic (exact) mass is 368 g/mol. The minimum atomic E-state index is -5.07. The van der Waals surface area contributed by atoms with Gasteiger partial charge in [0.2, 0.25) is 0 Å². The van der Waals surface area contributed by atoms with Gasteiger partial charge >= 0.3 is 12.1 Å². The molecule has 0 aliphatic carbocycles. The van der Waals surface area contributed by atoms with Crippen LogP contribution < -0.4 is 5.32 Å². The first-order valence-corrected chi connectivity index (χ1v) is 8.22. The fraction of sp³-hybridized carbons (Fsp3) is 0.167. The van der Waals surface area contributed by atoms with Gasteiger partial charge in [-0.3, -0.25) is 4.79 Å². The minimum absolute atomic E-state index is 0.0300. The lowest BCUT2D eigenvalue weighted by Gasteiger charge is -2.11. The molecule has 0 fully saturated rings. The van der Waals surface area contributed by atoms with Gasteiger partial charge in [0.1, 0.15) is 6.26 Å². The highest BCUT2D eigenvalue weighted by Gasteiger charge is 2.38. The molecule has 2 aromatic rings. The number of amides is 1. The van der Waals surface area contributed by atoms with E-state index in [1.165, 1.54) is 12.5 Å². The van der Waals surface area contributed by atoms with Gasteiger partial charge in [0.15, 0.2) is 5.89 Å². The Morgan fingerprint density at radius 2 is 2.04 bits per heavy atom. The summed E-state index contributed by atoms with van der Waals surface area (Å²) in [5.41, 5.74) is -0.208. The van der Waals surface area contributed by atoms with Crippen LogP contribution in [0.4, 0.5) is 18.9 Å². The number of aromatic nitrogens is 1. The van der Waals surface area contributed by atoms with E-state index < -0.39 is 21.1 Å². The van der Waals surface area contributed by atoms with Crippen molar-refractivity contribution >= 4 is 31.3 Å². The second kappa shape index (κ2) is 6.20. The average molecular weight is 369 g/mol. The summed E-state index contributed by atoms with van der Waals surface area (Å²) >= 11 is 0. The summed E-state index contributed by atoms with van der Waals surface area (Å²) in [4.78, 5) is 14.4. The molecular formula is C12H8ClF3N2O4S. The number of alkyl halides is 3. The predicted molar refractivity (Wildman–Crippen MR) is 73.5 cm³/mol. The van der Waals surface area contributed by atoms with Crippen LogP contribution in [-0.2, 0) is 20.3 Å². The molecule has 124 valence electrons. The third kappa shape index (κ3) is 4.45. The largest absolute Gasteiger partial charge is 0.471 e. The highest BCUT2D eigenvalue weighted by Crippen LogP contribution is 2.26. The van der Waals surface area contributed by atoms with Crippen molar-refractivity contribution in [2.75, 3.05) is 5.32 Å². The summed E-state index contributed by atoms with van der Waals surface area (Å²) < 4.78 is 64.8. The minimum Gasteiger partial charge on any atom is -0.449 e. The summed E-state index contributed by atoms with van der Waals surface area (Å²) in [6.45, 7) is 0. The van der Waals surface area contributed by atoms with Crippen LogP contribution in [0, 0.1) is 0 Å². The topological polar surface area (TPSA) is 89.3 Å². The molecule has 0 unspecified atom stereocenters. The molecule has 1 N–H and O–H groups in total. The zero-order valence-electron chi connectivity index (χ0n) is 11.1. The molecule has 6 nitrogen and oxygen atoms in total. The van der Waals surface area contributed by atoms with E-state index in [4.69, 9.17) is 15.1 Å². The van der Waals surface area contributed by atoms with Crippen molar-refractivity contribution in [2.45, 2.75) is 17.5 Å². The van der Waals surface area contributed by atoms with Crippen LogP contribution in [0.1, 0.15) is 11.5 Å². The third-order valence-corrected chi connectivity index (χ3v) is 4.09. The van der Waals surface area contributed by atoms with E-state index in [0.29, 0.717) is 0 Å². The molecule has 23 heavy (non-hydrogen) atoms. The number of nitrogens with one attached hydrogen (secondary N) is 1. The summed E-state index contributed by atoms with van der Waals surface area (Å²) in [6, 6.07) is 3.05. The summed E-state index contributed by atoms with van der Waals surface area (Å²) in [6.07, 6.45) is -2.64. The highest BCUT2D eigenvalue weighted by molar-refractivity contribution is 8.13. The Bertz CT molecular complexity index is 819. The van der Waals surface area contributed by atoms with Crippen molar-refractivity contribution in [1.82, 2.24) is 4.98 Å². The summed E-state index contributed by atoms with van der Waals surface area (Å²) in [5, 5.41) is 1.63. The van der Waals surface area contributed by atoms with Gasteiger partial charge in [0, 0.05) is 16.4 Å². The number of oxazole rings is 1. The maximum absolute atomic E-state index is 12.3. The Morgan fingerprint density at radius 1 is 1.35 bits per heavy atom. The van der Waals surface area contributed by atoms with Gasteiger partial charge < -0.3 is 9.73 Å². The lowest BCUT2D eigenvalue weighted by atomic mass is 10.1. The van der Waals surface area contributed by atoms with E-state index in [0.717, 1.165) is 18.2 Å². The number of carbonyl (C=O) groups is 1. The fourth-order valence-electron chi connectivity index (χ4n) is 1.74. The standard InChI is InChI=1S/C12H8ClF3N2O4S/c13-23(20,21)9-2-1-8(18-11(19)12(14,15)16)5-7(9)6-10-17-3-4-22-10/h1-5H,6H2,(H,18,19). The van der Waals surface area contributed by atoms with E-state index in [2.05, 4.69) is 4.98 Å². The lowest BCUT2D eigenvalue weighted by Crippen LogP contribution is -2.30. The Labute approximate surface area is 132 Å². The van der Waals surface area contributed by atoms with Crippen LogP contribution in [0.15, 0.2) is 40.0 Å². The Hall–Kier alpha value is -2.07. The van der Waals surface area contributed by atoms with E-state index in [1.807, 2.05) is 0 Å². The molecule has 0 aliphatic rings. The Kier molecular flexibility index (Phi) is 4.66. The molecule has 0 saturated carbocycles. The second-order valence-electron chi connectivity index (χ2n) is 4.31. The van der Waals surface area contributed by atoms with Crippen LogP contribution in [0.25, 0.3) is 0 Å². The molecule has 0 saturated heterocycles. The highest BCUT2D eigenvalue weighted by atomic mass is 35.7. The summed E-state index contributed by atoms with van der Waals surface area (Å²) in [5.74, 6) is -2.05. The maximum Gasteiger partial charge on any atom is 0.471 e. The predicted octanol–water partition coefficient (Wildman–Crippen LogP) is 2.69. The summed E-state index contributed by atoms with van der Waals surface area (Å²) in [7, 11) is 1.15. The van der Waals surface area contributed by atoms with E-state index in [-0.39, 0.29) is 28.5 Å². The van der Waals surface area contributed by atoms with Crippen LogP contribution >= 0.6 is 10.7 Å². The lowest BCUT2D eigenvalue weighted by molar-refractivity contribution is -0.167. The Morgan fingerprint density at radius 3 is 2.57 bits per heavy atom. The van der Waals surface area contributed by atoms with Crippen molar-refractivity contribution in [2.24, 2.45) is 0 Å². The first-order chi connectivity index (χ1) is 10.6. The molecular weight excluding hydrogens is 361 g/mol. The number of rotatable bonds is 4. The molecule has 0 atom stereocenters. The first-order valence-electron chi connectivity index (χ1n) is 5.91. The molecule has 0 radical (unpaired) electrons. The first kappa shape index (κ1) is 17.3. The number of benzene rings is 1. The third-order valence-electron chi connectivity index (χ3n) is 2.66. The molecule has 0 bridgehead atoms. The van der Waals surface area contributed by atoms with Crippen molar-refractivity contribution < 1.29 is 30.8 Å². The average Bonchev–Trinajstić information content (AvgIpc) is 2.89. The molecule has 1 aromatic heterocycles. The number of carbonyl (C=O) groups excluding carboxylic acids is 1. The number of hydrogen-bond donors (Lipinski definition) is 1. The van der Waals surface area contributed by atoms with Crippen molar-refractivity contribution in [3.63, 3.8) is 0 Å². The number of hydrogen-bond acceptors (Lipinski definition) is 5. The maximum atomic E-state index is 12.3. The molecule has 1 amide bonds. The quantitative estimate of drug-likeness (QED) is 0.838. The van der Waals surface area contributed by atoms with Crippen molar-refractivity contribution in [3.05, 3.63) is 42.1 Å². The van der Waals surface area contributed by atoms with Crippen molar-refractivity contribution in [1.29, 1.82) is 0 Å². The normalized spacial score (nSPS) is 12.2. The molecule has 2 rings (SSSR count). The van der Waals surface area contributed by atoms with Crippen LogP contribution in [0.2, 0.25) is 0 Å². The number of halogens is 4. The van der Waals surface area contributed by atoms with Gasteiger partial charge in [0.05, 0.1) is 17.5 Å². The van der Waals surface area contributed by atoms with E-state index in [9.17, 15) is 26.4 Å². The van der Waals surface area contributed by atoms with E-state index >= 15 is 0 Å². The van der Waals surface area contributed by atoms with Crippen LogP contribution in [-0.4, -0.2) is 25.5 Å². The number of anilines is 1. The molecule has 1 aromatic carbocycles.